The van der Waals surface area contributed by atoms with Crippen molar-refractivity contribution in [1.82, 2.24) is 4.90 Å². The Kier molecular flexibility index (Phi) is 3.53. The van der Waals surface area contributed by atoms with Gasteiger partial charge in [0.05, 0.1) is 0 Å². The van der Waals surface area contributed by atoms with Crippen LogP contribution in [0.25, 0.3) is 0 Å². The van der Waals surface area contributed by atoms with Crippen molar-refractivity contribution in [2.75, 3.05) is 6.54 Å². The highest BCUT2D eigenvalue weighted by Gasteiger charge is 2.43. The lowest BCUT2D eigenvalue weighted by molar-refractivity contribution is 0.00465. The second-order valence-electron chi connectivity index (χ2n) is 6.09. The lowest BCUT2D eigenvalue weighted by Gasteiger charge is -2.36. The molecular weight excluding hydrogens is 204 g/mol. The molecule has 1 aliphatic heterocycles. The fourth-order valence-electron chi connectivity index (χ4n) is 2.19. The van der Waals surface area contributed by atoms with Gasteiger partial charge < -0.3 is 10.5 Å². The zero-order chi connectivity index (χ0) is 12.6. The molecule has 1 aliphatic rings. The summed E-state index contributed by atoms with van der Waals surface area (Å²) in [5, 5.41) is 0. The summed E-state index contributed by atoms with van der Waals surface area (Å²) < 4.78 is 5.42. The first-order chi connectivity index (χ1) is 7.17. The van der Waals surface area contributed by atoms with Gasteiger partial charge in [-0.25, -0.2) is 4.79 Å². The highest BCUT2D eigenvalue weighted by atomic mass is 16.6. The summed E-state index contributed by atoms with van der Waals surface area (Å²) in [6.07, 6.45) is 1.70. The summed E-state index contributed by atoms with van der Waals surface area (Å²) in [6, 6.07) is 0.116. The fraction of sp³-hybridized carbons (Fsp3) is 0.917. The van der Waals surface area contributed by atoms with Crippen molar-refractivity contribution in [3.63, 3.8) is 0 Å². The Hall–Kier alpha value is -0.770. The highest BCUT2D eigenvalue weighted by Crippen LogP contribution is 2.34. The molecule has 2 N–H and O–H groups in total. The zero-order valence-electron chi connectivity index (χ0n) is 11.0. The van der Waals surface area contributed by atoms with E-state index < -0.39 is 5.60 Å². The standard InChI is InChI=1S/C12H24N2O2/c1-11(2,3)16-10(15)14-9(8-13)6-7-12(14,4)5/h9H,6-8,13H2,1-5H3. The molecule has 0 spiro atoms. The van der Waals surface area contributed by atoms with Crippen LogP contribution in [0.4, 0.5) is 4.79 Å². The third kappa shape index (κ3) is 2.88. The summed E-state index contributed by atoms with van der Waals surface area (Å²) in [4.78, 5) is 13.9. The van der Waals surface area contributed by atoms with Crippen molar-refractivity contribution in [3.8, 4) is 0 Å². The summed E-state index contributed by atoms with van der Waals surface area (Å²) in [6.45, 7) is 10.3. The number of rotatable bonds is 1. The van der Waals surface area contributed by atoms with Crippen LogP contribution in [0, 0.1) is 0 Å². The third-order valence-electron chi connectivity index (χ3n) is 2.97. The number of hydrogen-bond donors (Lipinski definition) is 1. The number of carbonyl (C=O) groups is 1. The predicted octanol–water partition coefficient (Wildman–Crippen LogP) is 2.12. The van der Waals surface area contributed by atoms with E-state index in [1.165, 1.54) is 0 Å². The molecule has 1 amide bonds. The van der Waals surface area contributed by atoms with Gasteiger partial charge in [-0.3, -0.25) is 4.90 Å². The van der Waals surface area contributed by atoms with Crippen molar-refractivity contribution >= 4 is 6.09 Å². The van der Waals surface area contributed by atoms with E-state index in [1.54, 1.807) is 4.90 Å². The second kappa shape index (κ2) is 4.24. The van der Waals surface area contributed by atoms with Gasteiger partial charge in [-0.05, 0) is 47.5 Å². The number of carbonyl (C=O) groups excluding carboxylic acids is 1. The molecule has 0 radical (unpaired) electrons. The first kappa shape index (κ1) is 13.3. The molecule has 1 heterocycles. The van der Waals surface area contributed by atoms with E-state index in [9.17, 15) is 4.79 Å². The minimum Gasteiger partial charge on any atom is -0.444 e. The minimum absolute atomic E-state index is 0.116. The van der Waals surface area contributed by atoms with Crippen LogP contribution in [0.5, 0.6) is 0 Å². The third-order valence-corrected chi connectivity index (χ3v) is 2.97. The molecule has 0 aliphatic carbocycles. The van der Waals surface area contributed by atoms with Gasteiger partial charge in [-0.1, -0.05) is 0 Å². The van der Waals surface area contributed by atoms with E-state index in [2.05, 4.69) is 13.8 Å². The van der Waals surface area contributed by atoms with Gasteiger partial charge in [-0.15, -0.1) is 0 Å². The molecule has 1 atom stereocenters. The molecule has 1 rings (SSSR count). The van der Waals surface area contributed by atoms with Crippen LogP contribution in [-0.2, 0) is 4.74 Å². The molecule has 0 bridgehead atoms. The van der Waals surface area contributed by atoms with E-state index in [0.29, 0.717) is 6.54 Å². The SMILES string of the molecule is CC(C)(C)OC(=O)N1C(CN)CCC1(C)C. The van der Waals surface area contributed by atoms with Crippen molar-refractivity contribution in [1.29, 1.82) is 0 Å². The molecule has 0 aromatic rings. The summed E-state index contributed by atoms with van der Waals surface area (Å²) in [7, 11) is 0. The Bertz CT molecular complexity index is 269. The first-order valence-electron chi connectivity index (χ1n) is 5.90. The topological polar surface area (TPSA) is 55.6 Å². The second-order valence-corrected chi connectivity index (χ2v) is 6.09. The number of amides is 1. The Labute approximate surface area is 98.1 Å². The molecule has 1 fully saturated rings. The number of nitrogens with zero attached hydrogens (tertiary/aromatic N) is 1. The molecule has 4 heteroatoms. The predicted molar refractivity (Wildman–Crippen MR) is 64.2 cm³/mol. The van der Waals surface area contributed by atoms with Gasteiger partial charge in [0.15, 0.2) is 0 Å². The number of nitrogens with two attached hydrogens (primary N) is 1. The van der Waals surface area contributed by atoms with Gasteiger partial charge in [0.1, 0.15) is 5.60 Å². The molecule has 1 saturated heterocycles. The normalized spacial score (nSPS) is 24.6. The zero-order valence-corrected chi connectivity index (χ0v) is 11.0. The summed E-state index contributed by atoms with van der Waals surface area (Å²) in [5.41, 5.74) is 5.10. The van der Waals surface area contributed by atoms with Crippen molar-refractivity contribution < 1.29 is 9.53 Å². The van der Waals surface area contributed by atoms with Crippen LogP contribution < -0.4 is 5.73 Å². The lowest BCUT2D eigenvalue weighted by Crippen LogP contribution is -2.51. The van der Waals surface area contributed by atoms with Gasteiger partial charge in [0.25, 0.3) is 0 Å². The first-order valence-corrected chi connectivity index (χ1v) is 5.90. The van der Waals surface area contributed by atoms with Crippen LogP contribution in [0.15, 0.2) is 0 Å². The maximum Gasteiger partial charge on any atom is 0.411 e. The van der Waals surface area contributed by atoms with E-state index in [4.69, 9.17) is 10.5 Å². The fourth-order valence-corrected chi connectivity index (χ4v) is 2.19. The van der Waals surface area contributed by atoms with E-state index in [1.807, 2.05) is 20.8 Å². The largest absolute Gasteiger partial charge is 0.444 e. The molecule has 1 unspecified atom stereocenters. The average Bonchev–Trinajstić information content (AvgIpc) is 2.37. The molecular formula is C12H24N2O2. The quantitative estimate of drug-likeness (QED) is 0.748. The van der Waals surface area contributed by atoms with Crippen LogP contribution in [0.2, 0.25) is 0 Å². The Morgan fingerprint density at radius 1 is 1.50 bits per heavy atom. The minimum atomic E-state index is -0.450. The van der Waals surface area contributed by atoms with Gasteiger partial charge in [-0.2, -0.15) is 0 Å². The number of hydrogen-bond acceptors (Lipinski definition) is 3. The number of ether oxygens (including phenoxy) is 1. The van der Waals surface area contributed by atoms with Gasteiger partial charge >= 0.3 is 6.09 Å². The molecule has 4 nitrogen and oxygen atoms in total. The van der Waals surface area contributed by atoms with Gasteiger partial charge in [0.2, 0.25) is 0 Å². The average molecular weight is 228 g/mol. The summed E-state index contributed by atoms with van der Waals surface area (Å²) in [5.74, 6) is 0. The van der Waals surface area contributed by atoms with Crippen molar-refractivity contribution in [2.45, 2.75) is 64.6 Å². The Morgan fingerprint density at radius 3 is 2.50 bits per heavy atom. The van der Waals surface area contributed by atoms with E-state index >= 15 is 0 Å². The molecule has 0 aromatic heterocycles. The molecule has 0 aromatic carbocycles. The van der Waals surface area contributed by atoms with Crippen LogP contribution >= 0.6 is 0 Å². The van der Waals surface area contributed by atoms with Gasteiger partial charge in [0, 0.05) is 18.1 Å². The van der Waals surface area contributed by atoms with E-state index in [0.717, 1.165) is 12.8 Å². The Balaban J connectivity index is 2.79. The summed E-state index contributed by atoms with van der Waals surface area (Å²) >= 11 is 0. The lowest BCUT2D eigenvalue weighted by atomic mass is 10.0. The molecule has 16 heavy (non-hydrogen) atoms. The van der Waals surface area contributed by atoms with Crippen molar-refractivity contribution in [2.24, 2.45) is 5.73 Å². The smallest absolute Gasteiger partial charge is 0.411 e. The maximum atomic E-state index is 12.1. The molecule has 0 saturated carbocycles. The number of likely N-dealkylation sites (tertiary alicyclic amines) is 1. The van der Waals surface area contributed by atoms with E-state index in [-0.39, 0.29) is 17.7 Å². The van der Waals surface area contributed by atoms with Crippen LogP contribution in [0.3, 0.4) is 0 Å². The van der Waals surface area contributed by atoms with Crippen LogP contribution in [0.1, 0.15) is 47.5 Å². The van der Waals surface area contributed by atoms with Crippen molar-refractivity contribution in [3.05, 3.63) is 0 Å². The maximum absolute atomic E-state index is 12.1. The monoisotopic (exact) mass is 228 g/mol. The molecule has 94 valence electrons. The van der Waals surface area contributed by atoms with Crippen LogP contribution in [-0.4, -0.2) is 34.7 Å². The Morgan fingerprint density at radius 2 is 2.06 bits per heavy atom. The highest BCUT2D eigenvalue weighted by molar-refractivity contribution is 5.70.